The standard InChI is InChI=1S/C20H13FN2OS/c21-14-10-11-16(22-19(24)13-6-2-1-3-7-13)15(12-14)20-23-17-8-4-5-9-18(17)25-20/h1-12H,(H,22,24). The van der Waals surface area contributed by atoms with Gasteiger partial charge in [-0.3, -0.25) is 4.79 Å². The number of para-hydroxylation sites is 1. The number of thiazole rings is 1. The van der Waals surface area contributed by atoms with Crippen molar-refractivity contribution in [3.63, 3.8) is 0 Å². The first-order chi connectivity index (χ1) is 12.2. The van der Waals surface area contributed by atoms with Crippen LogP contribution in [0.4, 0.5) is 10.1 Å². The van der Waals surface area contributed by atoms with Crippen molar-refractivity contribution in [3.05, 3.63) is 84.2 Å². The molecule has 5 heteroatoms. The average Bonchev–Trinajstić information content (AvgIpc) is 3.08. The van der Waals surface area contributed by atoms with Crippen molar-refractivity contribution < 1.29 is 9.18 Å². The minimum atomic E-state index is -0.369. The van der Waals surface area contributed by atoms with E-state index in [0.717, 1.165) is 10.2 Å². The number of amides is 1. The first-order valence-corrected chi connectivity index (χ1v) is 8.54. The maximum atomic E-state index is 13.8. The Kier molecular flexibility index (Phi) is 3.99. The van der Waals surface area contributed by atoms with Gasteiger partial charge in [0.25, 0.3) is 5.91 Å². The summed E-state index contributed by atoms with van der Waals surface area (Å²) in [5, 5.41) is 3.53. The highest BCUT2D eigenvalue weighted by Crippen LogP contribution is 2.35. The zero-order valence-corrected chi connectivity index (χ0v) is 13.9. The zero-order chi connectivity index (χ0) is 17.2. The summed E-state index contributed by atoms with van der Waals surface area (Å²) in [5.41, 5.74) is 2.51. The van der Waals surface area contributed by atoms with E-state index >= 15 is 0 Å². The predicted molar refractivity (Wildman–Crippen MR) is 99.4 cm³/mol. The molecule has 122 valence electrons. The van der Waals surface area contributed by atoms with Crippen LogP contribution in [-0.4, -0.2) is 10.9 Å². The fourth-order valence-electron chi connectivity index (χ4n) is 2.57. The van der Waals surface area contributed by atoms with Crippen LogP contribution in [0.3, 0.4) is 0 Å². The number of fused-ring (bicyclic) bond motifs is 1. The number of carbonyl (C=O) groups is 1. The van der Waals surface area contributed by atoms with Gasteiger partial charge in [0.1, 0.15) is 10.8 Å². The zero-order valence-electron chi connectivity index (χ0n) is 13.1. The maximum absolute atomic E-state index is 13.8. The van der Waals surface area contributed by atoms with Crippen LogP contribution in [0.5, 0.6) is 0 Å². The van der Waals surface area contributed by atoms with Gasteiger partial charge in [-0.15, -0.1) is 11.3 Å². The van der Waals surface area contributed by atoms with Gasteiger partial charge in [-0.1, -0.05) is 30.3 Å². The van der Waals surface area contributed by atoms with Gasteiger partial charge in [-0.2, -0.15) is 0 Å². The Morgan fingerprint density at radius 2 is 1.72 bits per heavy atom. The molecule has 4 rings (SSSR count). The quantitative estimate of drug-likeness (QED) is 0.542. The largest absolute Gasteiger partial charge is 0.321 e. The number of rotatable bonds is 3. The molecule has 0 aliphatic rings. The number of benzene rings is 3. The molecule has 0 atom stereocenters. The molecule has 0 saturated heterocycles. The third-order valence-corrected chi connectivity index (χ3v) is 4.86. The van der Waals surface area contributed by atoms with Gasteiger partial charge in [0, 0.05) is 11.1 Å². The van der Waals surface area contributed by atoms with Crippen molar-refractivity contribution in [2.24, 2.45) is 0 Å². The van der Waals surface area contributed by atoms with E-state index in [4.69, 9.17) is 0 Å². The molecule has 0 fully saturated rings. The molecule has 1 aromatic heterocycles. The van der Waals surface area contributed by atoms with E-state index in [0.29, 0.717) is 21.8 Å². The Labute approximate surface area is 147 Å². The molecule has 3 nitrogen and oxygen atoms in total. The molecule has 3 aromatic carbocycles. The van der Waals surface area contributed by atoms with Gasteiger partial charge in [0.2, 0.25) is 0 Å². The summed E-state index contributed by atoms with van der Waals surface area (Å²) in [5.74, 6) is -0.610. The number of halogens is 1. The first kappa shape index (κ1) is 15.5. The maximum Gasteiger partial charge on any atom is 0.255 e. The lowest BCUT2D eigenvalue weighted by Crippen LogP contribution is -2.12. The van der Waals surface area contributed by atoms with Gasteiger partial charge < -0.3 is 5.32 Å². The monoisotopic (exact) mass is 348 g/mol. The number of hydrogen-bond donors (Lipinski definition) is 1. The topological polar surface area (TPSA) is 42.0 Å². The van der Waals surface area contributed by atoms with Crippen LogP contribution in [0.25, 0.3) is 20.8 Å². The molecular formula is C20H13FN2OS. The number of nitrogens with zero attached hydrogens (tertiary/aromatic N) is 1. The summed E-state index contributed by atoms with van der Waals surface area (Å²) < 4.78 is 14.8. The summed E-state index contributed by atoms with van der Waals surface area (Å²) >= 11 is 1.47. The van der Waals surface area contributed by atoms with Crippen molar-refractivity contribution in [3.8, 4) is 10.6 Å². The number of aromatic nitrogens is 1. The molecular weight excluding hydrogens is 335 g/mol. The van der Waals surface area contributed by atoms with E-state index < -0.39 is 0 Å². The lowest BCUT2D eigenvalue weighted by atomic mass is 10.1. The minimum Gasteiger partial charge on any atom is -0.321 e. The van der Waals surface area contributed by atoms with E-state index in [1.807, 2.05) is 30.3 Å². The highest BCUT2D eigenvalue weighted by atomic mass is 32.1. The third kappa shape index (κ3) is 3.14. The second-order valence-electron chi connectivity index (χ2n) is 5.50. The molecule has 1 N–H and O–H groups in total. The van der Waals surface area contributed by atoms with Gasteiger partial charge >= 0.3 is 0 Å². The molecule has 0 unspecified atom stereocenters. The molecule has 1 amide bonds. The van der Waals surface area contributed by atoms with E-state index in [9.17, 15) is 9.18 Å². The summed E-state index contributed by atoms with van der Waals surface area (Å²) in [6, 6.07) is 20.9. The smallest absolute Gasteiger partial charge is 0.255 e. The van der Waals surface area contributed by atoms with Crippen molar-refractivity contribution in [2.75, 3.05) is 5.32 Å². The van der Waals surface area contributed by atoms with Crippen LogP contribution in [0.1, 0.15) is 10.4 Å². The van der Waals surface area contributed by atoms with E-state index in [1.54, 1.807) is 30.3 Å². The number of anilines is 1. The van der Waals surface area contributed by atoms with Crippen LogP contribution in [-0.2, 0) is 0 Å². The number of carbonyl (C=O) groups excluding carboxylic acids is 1. The predicted octanol–water partition coefficient (Wildman–Crippen LogP) is 5.35. The lowest BCUT2D eigenvalue weighted by molar-refractivity contribution is 0.102. The molecule has 0 aliphatic carbocycles. The fourth-order valence-corrected chi connectivity index (χ4v) is 3.57. The summed E-state index contributed by atoms with van der Waals surface area (Å²) in [7, 11) is 0. The van der Waals surface area contributed by atoms with Gasteiger partial charge in [0.05, 0.1) is 15.9 Å². The Balaban J connectivity index is 1.75. The molecule has 4 aromatic rings. The Hall–Kier alpha value is -3.05. The summed E-state index contributed by atoms with van der Waals surface area (Å²) in [4.78, 5) is 17.0. The van der Waals surface area contributed by atoms with Crippen molar-refractivity contribution in [2.45, 2.75) is 0 Å². The summed E-state index contributed by atoms with van der Waals surface area (Å²) in [6.45, 7) is 0. The lowest BCUT2D eigenvalue weighted by Gasteiger charge is -2.09. The highest BCUT2D eigenvalue weighted by Gasteiger charge is 2.14. The van der Waals surface area contributed by atoms with E-state index in [-0.39, 0.29) is 11.7 Å². The van der Waals surface area contributed by atoms with Crippen molar-refractivity contribution >= 4 is 33.1 Å². The fraction of sp³-hybridized carbons (Fsp3) is 0. The Morgan fingerprint density at radius 3 is 2.52 bits per heavy atom. The second-order valence-corrected chi connectivity index (χ2v) is 6.53. The first-order valence-electron chi connectivity index (χ1n) is 7.72. The van der Waals surface area contributed by atoms with Crippen molar-refractivity contribution in [1.82, 2.24) is 4.98 Å². The Morgan fingerprint density at radius 1 is 0.960 bits per heavy atom. The van der Waals surface area contributed by atoms with Crippen LogP contribution >= 0.6 is 11.3 Å². The normalized spacial score (nSPS) is 10.8. The molecule has 0 saturated carbocycles. The Bertz CT molecular complexity index is 1030. The molecule has 0 bridgehead atoms. The van der Waals surface area contributed by atoms with Gasteiger partial charge in [-0.05, 0) is 42.5 Å². The highest BCUT2D eigenvalue weighted by molar-refractivity contribution is 7.21. The second kappa shape index (κ2) is 6.45. The van der Waals surface area contributed by atoms with Crippen LogP contribution in [0.15, 0.2) is 72.8 Å². The van der Waals surface area contributed by atoms with Crippen LogP contribution < -0.4 is 5.32 Å². The SMILES string of the molecule is O=C(Nc1ccc(F)cc1-c1nc2ccccc2s1)c1ccccc1. The average molecular weight is 348 g/mol. The number of hydrogen-bond acceptors (Lipinski definition) is 3. The van der Waals surface area contributed by atoms with E-state index in [1.165, 1.54) is 23.5 Å². The molecule has 0 radical (unpaired) electrons. The summed E-state index contributed by atoms with van der Waals surface area (Å²) in [6.07, 6.45) is 0. The van der Waals surface area contributed by atoms with E-state index in [2.05, 4.69) is 10.3 Å². The van der Waals surface area contributed by atoms with Gasteiger partial charge in [-0.25, -0.2) is 9.37 Å². The molecule has 25 heavy (non-hydrogen) atoms. The van der Waals surface area contributed by atoms with Crippen LogP contribution in [0, 0.1) is 5.82 Å². The van der Waals surface area contributed by atoms with Crippen LogP contribution in [0.2, 0.25) is 0 Å². The third-order valence-electron chi connectivity index (χ3n) is 3.79. The molecule has 0 spiro atoms. The van der Waals surface area contributed by atoms with Crippen molar-refractivity contribution in [1.29, 1.82) is 0 Å². The van der Waals surface area contributed by atoms with Gasteiger partial charge in [0.15, 0.2) is 0 Å². The molecule has 0 aliphatic heterocycles. The molecule has 1 heterocycles. The minimum absolute atomic E-state index is 0.241. The number of nitrogens with one attached hydrogen (secondary N) is 1.